The third-order valence-electron chi connectivity index (χ3n) is 3.76. The van der Waals surface area contributed by atoms with Crippen molar-refractivity contribution in [2.45, 2.75) is 6.04 Å². The largest absolute Gasteiger partial charge is 0.339 e. The summed E-state index contributed by atoms with van der Waals surface area (Å²) in [6, 6.07) is 16.7. The summed E-state index contributed by atoms with van der Waals surface area (Å²) in [5.41, 5.74) is 11.4. The molecule has 1 atom stereocenters. The van der Waals surface area contributed by atoms with Gasteiger partial charge in [-0.3, -0.25) is 4.79 Å². The lowest BCUT2D eigenvalue weighted by Crippen LogP contribution is -2.37. The Hall–Kier alpha value is -2.98. The summed E-state index contributed by atoms with van der Waals surface area (Å²) in [4.78, 5) is 18.9. The monoisotopic (exact) mass is 293 g/mol. The van der Waals surface area contributed by atoms with E-state index in [1.165, 1.54) is 0 Å². The lowest BCUT2D eigenvalue weighted by atomic mass is 10.2. The van der Waals surface area contributed by atoms with Crippen molar-refractivity contribution in [3.8, 4) is 0 Å². The van der Waals surface area contributed by atoms with Gasteiger partial charge in [-0.15, -0.1) is 0 Å². The standard InChI is InChI=1S/C16H15N5O/c1-20-14-9-5-6-10-15(14)21(12-7-3-2-4-8-12)11-13(16(20)22)18-19-17/h2-10,13H,11H2,1H3. The van der Waals surface area contributed by atoms with Crippen LogP contribution in [-0.2, 0) is 4.79 Å². The number of carbonyl (C=O) groups is 1. The van der Waals surface area contributed by atoms with Crippen LogP contribution in [0.25, 0.3) is 10.4 Å². The molecule has 110 valence electrons. The Morgan fingerprint density at radius 2 is 1.73 bits per heavy atom. The number of carbonyl (C=O) groups excluding carboxylic acids is 1. The minimum atomic E-state index is -0.761. The molecular formula is C16H15N5O. The number of hydrogen-bond acceptors (Lipinski definition) is 3. The maximum Gasteiger partial charge on any atom is 0.237 e. The molecule has 3 rings (SSSR count). The fourth-order valence-corrected chi connectivity index (χ4v) is 2.67. The molecule has 22 heavy (non-hydrogen) atoms. The van der Waals surface area contributed by atoms with Crippen molar-refractivity contribution in [1.82, 2.24) is 0 Å². The van der Waals surface area contributed by atoms with Crippen LogP contribution in [-0.4, -0.2) is 25.5 Å². The van der Waals surface area contributed by atoms with Gasteiger partial charge in [0.15, 0.2) is 0 Å². The first kappa shape index (κ1) is 14.0. The Labute approximate surface area is 128 Å². The minimum absolute atomic E-state index is 0.205. The fraction of sp³-hybridized carbons (Fsp3) is 0.188. The Bertz CT molecular complexity index is 739. The van der Waals surface area contributed by atoms with E-state index in [0.29, 0.717) is 6.54 Å². The van der Waals surface area contributed by atoms with Crippen molar-refractivity contribution < 1.29 is 4.79 Å². The van der Waals surface area contributed by atoms with Crippen LogP contribution < -0.4 is 9.80 Å². The quantitative estimate of drug-likeness (QED) is 0.483. The number of amides is 1. The third-order valence-corrected chi connectivity index (χ3v) is 3.76. The van der Waals surface area contributed by atoms with Crippen molar-refractivity contribution in [1.29, 1.82) is 0 Å². The van der Waals surface area contributed by atoms with E-state index >= 15 is 0 Å². The SMILES string of the molecule is CN1C(=O)C(N=[N+]=[N-])CN(c2ccccc2)c2ccccc21. The summed E-state index contributed by atoms with van der Waals surface area (Å²) in [5.74, 6) is -0.205. The van der Waals surface area contributed by atoms with Crippen LogP contribution in [0.3, 0.4) is 0 Å². The van der Waals surface area contributed by atoms with Gasteiger partial charge in [-0.1, -0.05) is 35.4 Å². The summed E-state index contributed by atoms with van der Waals surface area (Å²) >= 11 is 0. The first-order valence-electron chi connectivity index (χ1n) is 6.96. The van der Waals surface area contributed by atoms with Gasteiger partial charge in [0.25, 0.3) is 0 Å². The van der Waals surface area contributed by atoms with Crippen molar-refractivity contribution in [2.75, 3.05) is 23.4 Å². The Morgan fingerprint density at radius 3 is 2.41 bits per heavy atom. The molecule has 2 aromatic rings. The Kier molecular flexibility index (Phi) is 3.68. The third kappa shape index (κ3) is 2.36. The molecule has 2 aromatic carbocycles. The second kappa shape index (κ2) is 5.79. The fourth-order valence-electron chi connectivity index (χ4n) is 2.67. The van der Waals surface area contributed by atoms with E-state index in [9.17, 15) is 4.79 Å². The van der Waals surface area contributed by atoms with Crippen LogP contribution in [0.15, 0.2) is 59.7 Å². The molecule has 0 saturated heterocycles. The van der Waals surface area contributed by atoms with E-state index in [1.807, 2.05) is 59.5 Å². The molecule has 0 saturated carbocycles. The lowest BCUT2D eigenvalue weighted by Gasteiger charge is -2.25. The molecule has 0 aliphatic carbocycles. The number of rotatable bonds is 2. The molecule has 1 unspecified atom stereocenters. The molecular weight excluding hydrogens is 278 g/mol. The lowest BCUT2D eigenvalue weighted by molar-refractivity contribution is -0.119. The predicted octanol–water partition coefficient (Wildman–Crippen LogP) is 3.48. The topological polar surface area (TPSA) is 72.3 Å². The van der Waals surface area contributed by atoms with Gasteiger partial charge >= 0.3 is 0 Å². The molecule has 0 N–H and O–H groups in total. The Balaban J connectivity index is 2.16. The molecule has 0 radical (unpaired) electrons. The van der Waals surface area contributed by atoms with Crippen LogP contribution in [0.2, 0.25) is 0 Å². The summed E-state index contributed by atoms with van der Waals surface area (Å²) in [7, 11) is 1.70. The van der Waals surface area contributed by atoms with Gasteiger partial charge in [-0.2, -0.15) is 0 Å². The average molecular weight is 293 g/mol. The number of benzene rings is 2. The number of hydrogen-bond donors (Lipinski definition) is 0. The first-order chi connectivity index (χ1) is 10.7. The molecule has 1 aliphatic rings. The van der Waals surface area contributed by atoms with Crippen molar-refractivity contribution in [2.24, 2.45) is 5.11 Å². The average Bonchev–Trinajstić information content (AvgIpc) is 2.67. The molecule has 1 heterocycles. The molecule has 0 bridgehead atoms. The van der Waals surface area contributed by atoms with E-state index in [0.717, 1.165) is 17.1 Å². The van der Waals surface area contributed by atoms with Crippen molar-refractivity contribution in [3.63, 3.8) is 0 Å². The molecule has 0 spiro atoms. The van der Waals surface area contributed by atoms with Crippen LogP contribution in [0, 0.1) is 0 Å². The van der Waals surface area contributed by atoms with Gasteiger partial charge in [0.1, 0.15) is 6.04 Å². The van der Waals surface area contributed by atoms with E-state index in [2.05, 4.69) is 10.0 Å². The molecule has 6 heteroatoms. The second-order valence-corrected chi connectivity index (χ2v) is 5.05. The van der Waals surface area contributed by atoms with E-state index in [-0.39, 0.29) is 5.91 Å². The normalized spacial score (nSPS) is 17.5. The van der Waals surface area contributed by atoms with E-state index in [4.69, 9.17) is 5.53 Å². The number of anilines is 3. The van der Waals surface area contributed by atoms with Gasteiger partial charge < -0.3 is 9.80 Å². The number of fused-ring (bicyclic) bond motifs is 1. The summed E-state index contributed by atoms with van der Waals surface area (Å²) in [5, 5.41) is 3.68. The maximum absolute atomic E-state index is 12.5. The predicted molar refractivity (Wildman–Crippen MR) is 86.2 cm³/mol. The van der Waals surface area contributed by atoms with Crippen LogP contribution in [0.5, 0.6) is 0 Å². The van der Waals surface area contributed by atoms with Gasteiger partial charge in [0, 0.05) is 24.2 Å². The highest BCUT2D eigenvalue weighted by Gasteiger charge is 2.31. The highest BCUT2D eigenvalue weighted by atomic mass is 16.2. The van der Waals surface area contributed by atoms with Crippen LogP contribution in [0.1, 0.15) is 0 Å². The summed E-state index contributed by atoms with van der Waals surface area (Å²) in [6.07, 6.45) is 0. The highest BCUT2D eigenvalue weighted by molar-refractivity contribution is 6.02. The molecule has 1 amide bonds. The number of nitrogens with zero attached hydrogens (tertiary/aromatic N) is 5. The smallest absolute Gasteiger partial charge is 0.237 e. The zero-order valence-electron chi connectivity index (χ0n) is 12.1. The number of para-hydroxylation sites is 3. The molecule has 1 aliphatic heterocycles. The van der Waals surface area contributed by atoms with Gasteiger partial charge in [0.05, 0.1) is 11.4 Å². The second-order valence-electron chi connectivity index (χ2n) is 5.05. The van der Waals surface area contributed by atoms with E-state index < -0.39 is 6.04 Å². The number of likely N-dealkylation sites (N-methyl/N-ethyl adjacent to an activating group) is 1. The van der Waals surface area contributed by atoms with Crippen molar-refractivity contribution in [3.05, 3.63) is 65.0 Å². The molecule has 0 fully saturated rings. The zero-order chi connectivity index (χ0) is 15.5. The van der Waals surface area contributed by atoms with Crippen LogP contribution in [0.4, 0.5) is 17.1 Å². The number of azide groups is 1. The zero-order valence-corrected chi connectivity index (χ0v) is 12.1. The summed E-state index contributed by atoms with van der Waals surface area (Å²) in [6.45, 7) is 0.314. The van der Waals surface area contributed by atoms with Crippen LogP contribution >= 0.6 is 0 Å². The molecule has 6 nitrogen and oxygen atoms in total. The van der Waals surface area contributed by atoms with E-state index in [1.54, 1.807) is 11.9 Å². The van der Waals surface area contributed by atoms with Gasteiger partial charge in [-0.25, -0.2) is 0 Å². The maximum atomic E-state index is 12.5. The Morgan fingerprint density at radius 1 is 1.09 bits per heavy atom. The summed E-state index contributed by atoms with van der Waals surface area (Å²) < 4.78 is 0. The minimum Gasteiger partial charge on any atom is -0.339 e. The van der Waals surface area contributed by atoms with Gasteiger partial charge in [-0.05, 0) is 29.8 Å². The highest BCUT2D eigenvalue weighted by Crippen LogP contribution is 2.36. The van der Waals surface area contributed by atoms with Gasteiger partial charge in [0.2, 0.25) is 5.91 Å². The first-order valence-corrected chi connectivity index (χ1v) is 6.96. The molecule has 0 aromatic heterocycles. The van der Waals surface area contributed by atoms with Crippen molar-refractivity contribution >= 4 is 23.0 Å².